The summed E-state index contributed by atoms with van der Waals surface area (Å²) in [6.07, 6.45) is 0. The number of nitrogens with one attached hydrogen (secondary N) is 1. The van der Waals surface area contributed by atoms with Gasteiger partial charge in [0.1, 0.15) is 12.6 Å². The lowest BCUT2D eigenvalue weighted by Crippen LogP contribution is -2.29. The van der Waals surface area contributed by atoms with E-state index in [0.29, 0.717) is 46.4 Å². The lowest BCUT2D eigenvalue weighted by atomic mass is 9.95. The van der Waals surface area contributed by atoms with Gasteiger partial charge < -0.3 is 19.5 Å². The van der Waals surface area contributed by atoms with Crippen LogP contribution in [0.25, 0.3) is 0 Å². The van der Waals surface area contributed by atoms with Gasteiger partial charge in [-0.05, 0) is 70.4 Å². The highest BCUT2D eigenvalue weighted by Gasteiger charge is 2.36. The fraction of sp³-hybridized carbons (Fsp3) is 0.304. The summed E-state index contributed by atoms with van der Waals surface area (Å²) in [6, 6.07) is 12.6. The summed E-state index contributed by atoms with van der Waals surface area (Å²) in [7, 11) is 0. The molecule has 1 aliphatic rings. The molecule has 2 aromatic carbocycles. The van der Waals surface area contributed by atoms with E-state index >= 15 is 0 Å². The molecule has 1 N–H and O–H groups in total. The number of carbonyl (C=O) groups excluding carboxylic acids is 1. The molecule has 172 valence electrons. The molecule has 4 rings (SSSR count). The maximum atomic E-state index is 13.3. The van der Waals surface area contributed by atoms with Gasteiger partial charge in [-0.3, -0.25) is 0 Å². The molecule has 9 nitrogen and oxygen atoms in total. The Morgan fingerprint density at radius 1 is 1.15 bits per heavy atom. The van der Waals surface area contributed by atoms with E-state index in [-0.39, 0.29) is 6.61 Å². The highest BCUT2D eigenvalue weighted by atomic mass is 79.9. The van der Waals surface area contributed by atoms with Gasteiger partial charge >= 0.3 is 5.97 Å². The Morgan fingerprint density at radius 3 is 2.64 bits per heavy atom. The normalized spacial score (nSPS) is 15.0. The van der Waals surface area contributed by atoms with Crippen molar-refractivity contribution in [1.29, 1.82) is 0 Å². The third kappa shape index (κ3) is 4.70. The van der Waals surface area contributed by atoms with Crippen LogP contribution in [0.15, 0.2) is 58.2 Å². The van der Waals surface area contributed by atoms with Crippen LogP contribution < -0.4 is 14.8 Å². The molecule has 0 saturated carbocycles. The van der Waals surface area contributed by atoms with Crippen molar-refractivity contribution in [3.63, 3.8) is 0 Å². The van der Waals surface area contributed by atoms with Crippen molar-refractivity contribution in [3.05, 3.63) is 69.3 Å². The molecule has 10 heteroatoms. The summed E-state index contributed by atoms with van der Waals surface area (Å²) in [5, 5.41) is 15.0. The monoisotopic (exact) mass is 513 g/mol. The molecule has 1 atom stereocenters. The van der Waals surface area contributed by atoms with E-state index in [1.807, 2.05) is 56.3 Å². The topological polar surface area (TPSA) is 100 Å². The molecule has 0 radical (unpaired) electrons. The van der Waals surface area contributed by atoms with Crippen LogP contribution >= 0.6 is 15.9 Å². The summed E-state index contributed by atoms with van der Waals surface area (Å²) < 4.78 is 19.5. The second-order valence-corrected chi connectivity index (χ2v) is 8.13. The number of fused-ring (bicyclic) bond motifs is 1. The largest absolute Gasteiger partial charge is 0.490 e. The molecule has 1 aliphatic heterocycles. The van der Waals surface area contributed by atoms with E-state index in [1.54, 1.807) is 11.6 Å². The number of nitrogens with zero attached hydrogens (tertiary/aromatic N) is 4. The van der Waals surface area contributed by atoms with Crippen LogP contribution in [0.2, 0.25) is 0 Å². The maximum Gasteiger partial charge on any atom is 0.338 e. The minimum atomic E-state index is -0.620. The lowest BCUT2D eigenvalue weighted by Gasteiger charge is -2.28. The first kappa shape index (κ1) is 22.8. The first-order valence-corrected chi connectivity index (χ1v) is 11.4. The highest BCUT2D eigenvalue weighted by Crippen LogP contribution is 2.42. The summed E-state index contributed by atoms with van der Waals surface area (Å²) in [4.78, 5) is 13.3. The van der Waals surface area contributed by atoms with Crippen LogP contribution in [0.1, 0.15) is 37.9 Å². The predicted molar refractivity (Wildman–Crippen MR) is 125 cm³/mol. The zero-order valence-corrected chi connectivity index (χ0v) is 20.1. The van der Waals surface area contributed by atoms with E-state index in [9.17, 15) is 4.79 Å². The molecule has 2 heterocycles. The second-order valence-electron chi connectivity index (χ2n) is 7.27. The number of tetrazole rings is 1. The molecular weight excluding hydrogens is 490 g/mol. The molecule has 0 amide bonds. The minimum Gasteiger partial charge on any atom is -0.490 e. The van der Waals surface area contributed by atoms with Gasteiger partial charge in [0.25, 0.3) is 0 Å². The van der Waals surface area contributed by atoms with E-state index in [2.05, 4.69) is 36.8 Å². The molecule has 3 aromatic rings. The number of esters is 1. The van der Waals surface area contributed by atoms with Crippen LogP contribution in [-0.2, 0) is 16.1 Å². The Hall–Kier alpha value is -3.40. The number of rotatable bonds is 8. The van der Waals surface area contributed by atoms with Crippen LogP contribution in [-0.4, -0.2) is 39.4 Å². The number of carbonyl (C=O) groups is 1. The lowest BCUT2D eigenvalue weighted by molar-refractivity contribution is -0.140. The van der Waals surface area contributed by atoms with E-state index in [4.69, 9.17) is 14.2 Å². The van der Waals surface area contributed by atoms with Crippen LogP contribution in [0, 0.1) is 0 Å². The molecule has 0 saturated heterocycles. The Bertz CT molecular complexity index is 1180. The molecule has 0 bridgehead atoms. The number of ether oxygens (including phenoxy) is 3. The Morgan fingerprint density at radius 2 is 1.91 bits per heavy atom. The van der Waals surface area contributed by atoms with Crippen molar-refractivity contribution in [2.24, 2.45) is 0 Å². The van der Waals surface area contributed by atoms with Gasteiger partial charge in [-0.1, -0.05) is 35.4 Å². The summed E-state index contributed by atoms with van der Waals surface area (Å²) in [5.74, 6) is 1.13. The molecule has 1 unspecified atom stereocenters. The average molecular weight is 514 g/mol. The fourth-order valence-electron chi connectivity index (χ4n) is 3.68. The zero-order chi connectivity index (χ0) is 23.4. The van der Waals surface area contributed by atoms with Crippen molar-refractivity contribution in [2.75, 3.05) is 18.5 Å². The second kappa shape index (κ2) is 10.0. The van der Waals surface area contributed by atoms with Gasteiger partial charge in [0.2, 0.25) is 5.95 Å². The number of allylic oxidation sites excluding steroid dienone is 1. The van der Waals surface area contributed by atoms with Crippen molar-refractivity contribution >= 4 is 27.8 Å². The third-order valence-corrected chi connectivity index (χ3v) is 5.67. The molecule has 33 heavy (non-hydrogen) atoms. The number of hydrogen-bond donors (Lipinski definition) is 1. The van der Waals surface area contributed by atoms with E-state index < -0.39 is 12.0 Å². The zero-order valence-electron chi connectivity index (χ0n) is 18.5. The SMILES string of the molecule is CCOc1cc(C2C(C(=O)OCc3ccccc3)=C(C)Nc3nnnn32)cc(Br)c1OCC. The van der Waals surface area contributed by atoms with Crippen molar-refractivity contribution in [1.82, 2.24) is 20.2 Å². The molecular formula is C23H24BrN5O4. The smallest absolute Gasteiger partial charge is 0.338 e. The number of aromatic nitrogens is 4. The van der Waals surface area contributed by atoms with Gasteiger partial charge in [-0.2, -0.15) is 4.68 Å². The fourth-order valence-corrected chi connectivity index (χ4v) is 4.25. The number of hydrogen-bond acceptors (Lipinski definition) is 8. The van der Waals surface area contributed by atoms with Crippen LogP contribution in [0.3, 0.4) is 0 Å². The Labute approximate surface area is 199 Å². The number of anilines is 1. The summed E-state index contributed by atoms with van der Waals surface area (Å²) >= 11 is 3.59. The molecule has 0 fully saturated rings. The third-order valence-electron chi connectivity index (χ3n) is 5.08. The molecule has 1 aromatic heterocycles. The molecule has 0 aliphatic carbocycles. The first-order chi connectivity index (χ1) is 16.0. The summed E-state index contributed by atoms with van der Waals surface area (Å²) in [6.45, 7) is 6.71. The van der Waals surface area contributed by atoms with Gasteiger partial charge in [-0.15, -0.1) is 0 Å². The van der Waals surface area contributed by atoms with Crippen LogP contribution in [0.5, 0.6) is 11.5 Å². The average Bonchev–Trinajstić information content (AvgIpc) is 3.27. The first-order valence-electron chi connectivity index (χ1n) is 10.6. The molecule has 0 spiro atoms. The van der Waals surface area contributed by atoms with E-state index in [1.165, 1.54) is 0 Å². The van der Waals surface area contributed by atoms with Crippen molar-refractivity contribution in [2.45, 2.75) is 33.4 Å². The highest BCUT2D eigenvalue weighted by molar-refractivity contribution is 9.10. The predicted octanol–water partition coefficient (Wildman–Crippen LogP) is 4.27. The van der Waals surface area contributed by atoms with Crippen molar-refractivity contribution in [3.8, 4) is 11.5 Å². The maximum absolute atomic E-state index is 13.3. The van der Waals surface area contributed by atoms with Crippen LogP contribution in [0.4, 0.5) is 5.95 Å². The summed E-state index contributed by atoms with van der Waals surface area (Å²) in [5.41, 5.74) is 2.66. The van der Waals surface area contributed by atoms with Gasteiger partial charge in [-0.25, -0.2) is 4.79 Å². The van der Waals surface area contributed by atoms with Gasteiger partial charge in [0.15, 0.2) is 11.5 Å². The van der Waals surface area contributed by atoms with Gasteiger partial charge in [0.05, 0.1) is 23.3 Å². The number of halogens is 1. The van der Waals surface area contributed by atoms with Crippen molar-refractivity contribution < 1.29 is 19.0 Å². The quantitative estimate of drug-likeness (QED) is 0.445. The standard InChI is InChI=1S/C23H24BrN5O4/c1-4-31-18-12-16(11-17(24)21(18)32-5-2)20-19(14(3)25-23-26-27-28-29(20)23)22(30)33-13-15-9-7-6-8-10-15/h6-12,20H,4-5,13H2,1-3H3,(H,25,26,28). The Kier molecular flexibility index (Phi) is 6.93. The minimum absolute atomic E-state index is 0.156. The van der Waals surface area contributed by atoms with E-state index in [0.717, 1.165) is 11.1 Å². The Balaban J connectivity index is 1.75. The number of benzene rings is 2. The van der Waals surface area contributed by atoms with Gasteiger partial charge in [0, 0.05) is 5.70 Å².